The predicted molar refractivity (Wildman–Crippen MR) is 103 cm³/mol. The van der Waals surface area contributed by atoms with Crippen molar-refractivity contribution in [1.82, 2.24) is 14.8 Å². The van der Waals surface area contributed by atoms with E-state index in [1.165, 1.54) is 17.4 Å². The summed E-state index contributed by atoms with van der Waals surface area (Å²) in [5, 5.41) is 4.86. The average molecular weight is 388 g/mol. The molecule has 1 aromatic carbocycles. The standard InChI is InChI=1S/C19H21FN4O2S/c1-3-24-15(10-12(2)22-24)18(25)23(11-13-6-5-9-26-13)19-21-17-14(20)7-4-8-16(17)27-19/h4,7-8,10,13H,3,5-6,9,11H2,1-2H3. The Labute approximate surface area is 160 Å². The van der Waals surface area contributed by atoms with Crippen LogP contribution in [0, 0.1) is 12.7 Å². The fourth-order valence-corrected chi connectivity index (χ4v) is 4.34. The van der Waals surface area contributed by atoms with Crippen LogP contribution in [0.1, 0.15) is 35.9 Å². The molecule has 1 atom stereocenters. The molecular weight excluding hydrogens is 367 g/mol. The number of ether oxygens (including phenoxy) is 1. The number of amides is 1. The van der Waals surface area contributed by atoms with Crippen molar-refractivity contribution in [3.63, 3.8) is 0 Å². The van der Waals surface area contributed by atoms with Gasteiger partial charge in [0.25, 0.3) is 5.91 Å². The zero-order valence-electron chi connectivity index (χ0n) is 15.3. The van der Waals surface area contributed by atoms with Crippen LogP contribution in [0.3, 0.4) is 0 Å². The van der Waals surface area contributed by atoms with E-state index in [0.717, 1.165) is 23.2 Å². The first-order valence-corrected chi connectivity index (χ1v) is 9.91. The summed E-state index contributed by atoms with van der Waals surface area (Å²) in [5.74, 6) is -0.568. The van der Waals surface area contributed by atoms with E-state index in [2.05, 4.69) is 10.1 Å². The van der Waals surface area contributed by atoms with E-state index in [-0.39, 0.29) is 17.8 Å². The lowest BCUT2D eigenvalue weighted by Gasteiger charge is -2.23. The summed E-state index contributed by atoms with van der Waals surface area (Å²) < 4.78 is 22.3. The number of aromatic nitrogens is 3. The van der Waals surface area contributed by atoms with Gasteiger partial charge in [-0.05, 0) is 44.9 Å². The summed E-state index contributed by atoms with van der Waals surface area (Å²) in [5.41, 5.74) is 1.59. The van der Waals surface area contributed by atoms with Crippen LogP contribution in [0.4, 0.5) is 9.52 Å². The van der Waals surface area contributed by atoms with E-state index in [1.807, 2.05) is 19.9 Å². The molecule has 4 rings (SSSR count). The summed E-state index contributed by atoms with van der Waals surface area (Å²) in [6.45, 7) is 5.50. The highest BCUT2D eigenvalue weighted by atomic mass is 32.1. The molecule has 1 unspecified atom stereocenters. The van der Waals surface area contributed by atoms with Gasteiger partial charge in [0.2, 0.25) is 0 Å². The molecule has 8 heteroatoms. The summed E-state index contributed by atoms with van der Waals surface area (Å²) in [4.78, 5) is 19.4. The number of carbonyl (C=O) groups is 1. The smallest absolute Gasteiger partial charge is 0.278 e. The van der Waals surface area contributed by atoms with Gasteiger partial charge in [0, 0.05) is 13.2 Å². The minimum absolute atomic E-state index is 0.0371. The molecule has 0 N–H and O–H groups in total. The SMILES string of the molecule is CCn1nc(C)cc1C(=O)N(CC1CCCO1)c1nc2c(F)cccc2s1. The van der Waals surface area contributed by atoms with Crippen molar-refractivity contribution in [3.8, 4) is 0 Å². The number of halogens is 1. The Morgan fingerprint density at radius 1 is 1.48 bits per heavy atom. The number of hydrogen-bond donors (Lipinski definition) is 0. The average Bonchev–Trinajstić information content (AvgIpc) is 3.38. The van der Waals surface area contributed by atoms with E-state index in [1.54, 1.807) is 21.7 Å². The number of carbonyl (C=O) groups excluding carboxylic acids is 1. The van der Waals surface area contributed by atoms with E-state index in [9.17, 15) is 9.18 Å². The first-order valence-electron chi connectivity index (χ1n) is 9.09. The Morgan fingerprint density at radius 3 is 3.04 bits per heavy atom. The molecular formula is C19H21FN4O2S. The third-order valence-electron chi connectivity index (χ3n) is 4.67. The highest BCUT2D eigenvalue weighted by Crippen LogP contribution is 2.32. The highest BCUT2D eigenvalue weighted by Gasteiger charge is 2.29. The van der Waals surface area contributed by atoms with Crippen LogP contribution in [0.15, 0.2) is 24.3 Å². The number of nitrogens with zero attached hydrogens (tertiary/aromatic N) is 4. The molecule has 0 saturated carbocycles. The lowest BCUT2D eigenvalue weighted by Crippen LogP contribution is -2.38. The third kappa shape index (κ3) is 3.46. The third-order valence-corrected chi connectivity index (χ3v) is 5.71. The molecule has 0 aliphatic carbocycles. The van der Waals surface area contributed by atoms with Crippen LogP contribution in [0.2, 0.25) is 0 Å². The van der Waals surface area contributed by atoms with Crippen molar-refractivity contribution >= 4 is 32.6 Å². The van der Waals surface area contributed by atoms with Crippen LogP contribution < -0.4 is 4.90 Å². The van der Waals surface area contributed by atoms with Gasteiger partial charge in [0.15, 0.2) is 5.13 Å². The molecule has 1 aliphatic heterocycles. The molecule has 0 bridgehead atoms. The number of benzene rings is 1. The number of anilines is 1. The summed E-state index contributed by atoms with van der Waals surface area (Å²) in [7, 11) is 0. The molecule has 1 aliphatic rings. The van der Waals surface area contributed by atoms with Crippen LogP contribution in [0.25, 0.3) is 10.2 Å². The number of fused-ring (bicyclic) bond motifs is 1. The molecule has 3 aromatic rings. The largest absolute Gasteiger partial charge is 0.376 e. The molecule has 1 amide bonds. The summed E-state index contributed by atoms with van der Waals surface area (Å²) in [6.07, 6.45) is 1.84. The molecule has 0 spiro atoms. The molecule has 3 heterocycles. The van der Waals surface area contributed by atoms with Gasteiger partial charge >= 0.3 is 0 Å². The van der Waals surface area contributed by atoms with Crippen LogP contribution in [-0.4, -0.2) is 39.9 Å². The minimum Gasteiger partial charge on any atom is -0.376 e. The monoisotopic (exact) mass is 388 g/mol. The second-order valence-corrected chi connectivity index (χ2v) is 7.63. The van der Waals surface area contributed by atoms with E-state index in [4.69, 9.17) is 4.74 Å². The summed E-state index contributed by atoms with van der Waals surface area (Å²) in [6, 6.07) is 6.63. The number of rotatable bonds is 5. The van der Waals surface area contributed by atoms with Crippen molar-refractivity contribution in [1.29, 1.82) is 0 Å². The quantitative estimate of drug-likeness (QED) is 0.667. The minimum atomic E-state index is -0.381. The fourth-order valence-electron chi connectivity index (χ4n) is 3.36. The maximum atomic E-state index is 14.1. The molecule has 142 valence electrons. The lowest BCUT2D eigenvalue weighted by molar-refractivity contribution is 0.0908. The Bertz CT molecular complexity index is 977. The normalized spacial score (nSPS) is 16.9. The van der Waals surface area contributed by atoms with Crippen molar-refractivity contribution in [2.45, 2.75) is 39.3 Å². The van der Waals surface area contributed by atoms with Crippen molar-refractivity contribution < 1.29 is 13.9 Å². The first kappa shape index (κ1) is 18.1. The van der Waals surface area contributed by atoms with Crippen LogP contribution >= 0.6 is 11.3 Å². The highest BCUT2D eigenvalue weighted by molar-refractivity contribution is 7.22. The molecule has 2 aromatic heterocycles. The molecule has 27 heavy (non-hydrogen) atoms. The van der Waals surface area contributed by atoms with Crippen molar-refractivity contribution in [2.75, 3.05) is 18.1 Å². The lowest BCUT2D eigenvalue weighted by atomic mass is 10.2. The van der Waals surface area contributed by atoms with Gasteiger partial charge in [-0.2, -0.15) is 5.10 Å². The Hall–Kier alpha value is -2.32. The van der Waals surface area contributed by atoms with Gasteiger partial charge in [0.05, 0.1) is 23.0 Å². The van der Waals surface area contributed by atoms with E-state index in [0.29, 0.717) is 36.0 Å². The van der Waals surface area contributed by atoms with E-state index < -0.39 is 0 Å². The predicted octanol–water partition coefficient (Wildman–Crippen LogP) is 3.79. The van der Waals surface area contributed by atoms with Crippen LogP contribution in [0.5, 0.6) is 0 Å². The van der Waals surface area contributed by atoms with E-state index >= 15 is 0 Å². The number of aryl methyl sites for hydroxylation is 2. The Morgan fingerprint density at radius 2 is 2.33 bits per heavy atom. The van der Waals surface area contributed by atoms with Gasteiger partial charge in [0.1, 0.15) is 17.0 Å². The summed E-state index contributed by atoms with van der Waals surface area (Å²) >= 11 is 1.31. The van der Waals surface area contributed by atoms with Gasteiger partial charge in [-0.3, -0.25) is 14.4 Å². The number of hydrogen-bond acceptors (Lipinski definition) is 5. The molecule has 0 radical (unpaired) electrons. The van der Waals surface area contributed by atoms with Gasteiger partial charge in [-0.15, -0.1) is 0 Å². The van der Waals surface area contributed by atoms with Crippen LogP contribution in [-0.2, 0) is 11.3 Å². The maximum Gasteiger partial charge on any atom is 0.278 e. The van der Waals surface area contributed by atoms with Crippen molar-refractivity contribution in [3.05, 3.63) is 41.5 Å². The topological polar surface area (TPSA) is 60.2 Å². The molecule has 1 fully saturated rings. The second-order valence-electron chi connectivity index (χ2n) is 6.62. The zero-order chi connectivity index (χ0) is 19.0. The second kappa shape index (κ2) is 7.36. The van der Waals surface area contributed by atoms with Gasteiger partial charge in [-0.1, -0.05) is 17.4 Å². The molecule has 1 saturated heterocycles. The molecule has 6 nitrogen and oxygen atoms in total. The van der Waals surface area contributed by atoms with Gasteiger partial charge in [-0.25, -0.2) is 9.37 Å². The number of thiazole rings is 1. The number of para-hydroxylation sites is 1. The fraction of sp³-hybridized carbons (Fsp3) is 0.421. The van der Waals surface area contributed by atoms with Gasteiger partial charge < -0.3 is 4.74 Å². The zero-order valence-corrected chi connectivity index (χ0v) is 16.1. The first-order chi connectivity index (χ1) is 13.1. The Balaban J connectivity index is 1.75. The maximum absolute atomic E-state index is 14.1. The Kier molecular flexibility index (Phi) is 4.92. The van der Waals surface area contributed by atoms with Crippen molar-refractivity contribution in [2.24, 2.45) is 0 Å².